The molecule has 1 rings (SSSR count). The highest BCUT2D eigenvalue weighted by Crippen LogP contribution is 2.21. The molecule has 0 aliphatic carbocycles. The predicted octanol–water partition coefficient (Wildman–Crippen LogP) is -14.0. The Labute approximate surface area is 178 Å². The van der Waals surface area contributed by atoms with Crippen LogP contribution in [0.25, 0.3) is 0 Å². The van der Waals surface area contributed by atoms with Crippen LogP contribution < -0.4 is 71.7 Å². The number of hydrogen-bond donors (Lipinski definition) is 4. The van der Waals surface area contributed by atoms with Crippen molar-refractivity contribution in [2.45, 2.75) is 46.7 Å². The molecule has 10 N–H and O–H groups in total. The molecule has 4 nitrogen and oxygen atoms in total. The number of rotatable bonds is 10. The van der Waals surface area contributed by atoms with Crippen molar-refractivity contribution in [1.29, 1.82) is 0 Å². The minimum atomic E-state index is 0. The molecular formula is C17H36Cl4N4. The molecule has 0 saturated carbocycles. The molecule has 0 radical (unpaired) electrons. The van der Waals surface area contributed by atoms with Gasteiger partial charge in [-0.1, -0.05) is 6.07 Å². The Bertz CT molecular complexity index is 409. The minimum absolute atomic E-state index is 0. The molecule has 8 heteroatoms. The van der Waals surface area contributed by atoms with Gasteiger partial charge in [0.25, 0.3) is 0 Å². The van der Waals surface area contributed by atoms with Crippen molar-refractivity contribution in [2.75, 3.05) is 26.2 Å². The van der Waals surface area contributed by atoms with E-state index in [-0.39, 0.29) is 49.6 Å². The molecule has 0 aliphatic rings. The summed E-state index contributed by atoms with van der Waals surface area (Å²) >= 11 is 0. The number of hydrogen-bond acceptors (Lipinski definition) is 0. The lowest BCUT2D eigenvalue weighted by Crippen LogP contribution is -3.00. The first-order chi connectivity index (χ1) is 10.1. The zero-order chi connectivity index (χ0) is 15.7. The van der Waals surface area contributed by atoms with Crippen molar-refractivity contribution >= 4 is 0 Å². The molecule has 0 atom stereocenters. The van der Waals surface area contributed by atoms with Gasteiger partial charge in [0.1, 0.15) is 13.1 Å². The van der Waals surface area contributed by atoms with Crippen LogP contribution in [-0.2, 0) is 13.1 Å². The van der Waals surface area contributed by atoms with Crippen LogP contribution in [0.15, 0.2) is 6.07 Å². The second kappa shape index (κ2) is 19.0. The SMILES string of the molecule is Cc1cc(C)c(C[NH2+]CCC[NH3+])c(C)c1C[NH2+]CCC[NH3+].[Cl-].[Cl-].[Cl-].[Cl-]. The number of halogens is 4. The Morgan fingerprint density at radius 2 is 1.08 bits per heavy atom. The summed E-state index contributed by atoms with van der Waals surface area (Å²) in [5.74, 6) is 0. The van der Waals surface area contributed by atoms with Crippen molar-refractivity contribution in [3.8, 4) is 0 Å². The number of aryl methyl sites for hydroxylation is 2. The van der Waals surface area contributed by atoms with Crippen LogP contribution >= 0.6 is 0 Å². The molecule has 0 fully saturated rings. The molecule has 152 valence electrons. The van der Waals surface area contributed by atoms with Crippen molar-refractivity contribution in [3.63, 3.8) is 0 Å². The van der Waals surface area contributed by atoms with Gasteiger partial charge in [0.15, 0.2) is 0 Å². The van der Waals surface area contributed by atoms with E-state index in [1.54, 1.807) is 0 Å². The van der Waals surface area contributed by atoms with E-state index >= 15 is 0 Å². The molecule has 0 saturated heterocycles. The maximum atomic E-state index is 3.91. The van der Waals surface area contributed by atoms with Gasteiger partial charge in [0.2, 0.25) is 0 Å². The zero-order valence-electron chi connectivity index (χ0n) is 15.8. The molecule has 0 spiro atoms. The third kappa shape index (κ3) is 11.5. The van der Waals surface area contributed by atoms with Gasteiger partial charge in [0, 0.05) is 24.0 Å². The lowest BCUT2D eigenvalue weighted by atomic mass is 9.93. The van der Waals surface area contributed by atoms with E-state index in [1.165, 1.54) is 53.7 Å². The largest absolute Gasteiger partial charge is 1.00 e. The van der Waals surface area contributed by atoms with Crippen molar-refractivity contribution in [1.82, 2.24) is 0 Å². The van der Waals surface area contributed by atoms with Gasteiger partial charge >= 0.3 is 0 Å². The van der Waals surface area contributed by atoms with Crippen LogP contribution in [0, 0.1) is 20.8 Å². The Balaban J connectivity index is -0.000000551. The molecule has 1 aromatic rings. The first kappa shape index (κ1) is 32.9. The van der Waals surface area contributed by atoms with Crippen LogP contribution in [0.2, 0.25) is 0 Å². The monoisotopic (exact) mass is 436 g/mol. The highest BCUT2D eigenvalue weighted by atomic mass is 35.5. The fourth-order valence-corrected chi connectivity index (χ4v) is 2.97. The summed E-state index contributed by atoms with van der Waals surface area (Å²) in [5, 5.41) is 4.85. The zero-order valence-corrected chi connectivity index (χ0v) is 18.8. The second-order valence-corrected chi connectivity index (χ2v) is 6.07. The summed E-state index contributed by atoms with van der Waals surface area (Å²) in [6.07, 6.45) is 2.41. The molecule has 0 heterocycles. The number of quaternary nitrogens is 4. The molecule has 0 amide bonds. The summed E-state index contributed by atoms with van der Waals surface area (Å²) < 4.78 is 0. The first-order valence-electron chi connectivity index (χ1n) is 8.42. The van der Waals surface area contributed by atoms with Crippen molar-refractivity contribution < 1.29 is 71.7 Å². The molecule has 0 aromatic heterocycles. The van der Waals surface area contributed by atoms with Gasteiger partial charge in [-0.2, -0.15) is 0 Å². The second-order valence-electron chi connectivity index (χ2n) is 6.07. The van der Waals surface area contributed by atoms with E-state index < -0.39 is 0 Å². The lowest BCUT2D eigenvalue weighted by molar-refractivity contribution is -0.673. The third-order valence-corrected chi connectivity index (χ3v) is 4.30. The van der Waals surface area contributed by atoms with E-state index in [1.807, 2.05) is 0 Å². The summed E-state index contributed by atoms with van der Waals surface area (Å²) in [4.78, 5) is 0. The van der Waals surface area contributed by atoms with Gasteiger partial charge in [-0.25, -0.2) is 0 Å². The summed E-state index contributed by atoms with van der Waals surface area (Å²) in [5.41, 5.74) is 15.3. The standard InChI is InChI=1S/C17H32N4.4ClH/c1-13-10-14(2)17(12-21-9-5-7-19)15(3)16(13)11-20-8-4-6-18;;;;/h10,20-21H,4-9,11-12,18-19H2,1-3H3;4*1H. The van der Waals surface area contributed by atoms with Gasteiger partial charge in [0.05, 0.1) is 26.2 Å². The number of benzene rings is 1. The molecule has 25 heavy (non-hydrogen) atoms. The van der Waals surface area contributed by atoms with Crippen LogP contribution in [0.1, 0.15) is 40.7 Å². The molecular weight excluding hydrogens is 402 g/mol. The van der Waals surface area contributed by atoms with E-state index in [0.29, 0.717) is 0 Å². The Morgan fingerprint density at radius 3 is 1.40 bits per heavy atom. The molecule has 1 aromatic carbocycles. The van der Waals surface area contributed by atoms with Gasteiger partial charge in [-0.05, 0) is 37.5 Å². The third-order valence-electron chi connectivity index (χ3n) is 4.30. The smallest absolute Gasteiger partial charge is 0.102 e. The van der Waals surface area contributed by atoms with E-state index in [4.69, 9.17) is 0 Å². The predicted molar refractivity (Wildman–Crippen MR) is 86.4 cm³/mol. The summed E-state index contributed by atoms with van der Waals surface area (Å²) in [6.45, 7) is 13.4. The van der Waals surface area contributed by atoms with Crippen LogP contribution in [0.4, 0.5) is 0 Å². The van der Waals surface area contributed by atoms with Gasteiger partial charge < -0.3 is 71.7 Å². The van der Waals surface area contributed by atoms with E-state index in [9.17, 15) is 0 Å². The first-order valence-corrected chi connectivity index (χ1v) is 8.42. The van der Waals surface area contributed by atoms with E-state index in [0.717, 1.165) is 26.2 Å². The minimum Gasteiger partial charge on any atom is -1.00 e. The fourth-order valence-electron chi connectivity index (χ4n) is 2.97. The van der Waals surface area contributed by atoms with Crippen LogP contribution in [-0.4, -0.2) is 26.2 Å². The van der Waals surface area contributed by atoms with Crippen molar-refractivity contribution in [2.24, 2.45) is 0 Å². The van der Waals surface area contributed by atoms with Crippen molar-refractivity contribution in [3.05, 3.63) is 33.9 Å². The Morgan fingerprint density at radius 1 is 0.720 bits per heavy atom. The highest BCUT2D eigenvalue weighted by Gasteiger charge is 2.13. The molecule has 0 aliphatic heterocycles. The van der Waals surface area contributed by atoms with Gasteiger partial charge in [-0.3, -0.25) is 0 Å². The average Bonchev–Trinajstić information content (AvgIpc) is 2.45. The summed E-state index contributed by atoms with van der Waals surface area (Å²) in [6, 6.07) is 2.36. The topological polar surface area (TPSA) is 88.5 Å². The maximum Gasteiger partial charge on any atom is 0.102 e. The Hall–Kier alpha value is 0.220. The highest BCUT2D eigenvalue weighted by molar-refractivity contribution is 5.43. The van der Waals surface area contributed by atoms with Crippen LogP contribution in [0.5, 0.6) is 0 Å². The van der Waals surface area contributed by atoms with Crippen LogP contribution in [0.3, 0.4) is 0 Å². The van der Waals surface area contributed by atoms with E-state index in [2.05, 4.69) is 48.9 Å². The number of nitrogens with two attached hydrogens (primary N) is 2. The lowest BCUT2D eigenvalue weighted by Gasteiger charge is -2.16. The fraction of sp³-hybridized carbons (Fsp3) is 0.647. The average molecular weight is 438 g/mol. The molecule has 0 bridgehead atoms. The van der Waals surface area contributed by atoms with Gasteiger partial charge in [-0.15, -0.1) is 0 Å². The quantitative estimate of drug-likeness (QED) is 0.262. The normalized spacial score (nSPS) is 9.32. The molecule has 0 unspecified atom stereocenters. The maximum absolute atomic E-state index is 3.91. The Kier molecular flexibility index (Phi) is 25.0. The summed E-state index contributed by atoms with van der Waals surface area (Å²) in [7, 11) is 0.